The fraction of sp³-hybridized carbons (Fsp3) is 0.318. The van der Waals surface area contributed by atoms with Gasteiger partial charge in [-0.15, -0.1) is 0 Å². The van der Waals surface area contributed by atoms with Crippen LogP contribution in [0.25, 0.3) is 22.0 Å². The van der Waals surface area contributed by atoms with Crippen LogP contribution in [0.2, 0.25) is 0 Å². The van der Waals surface area contributed by atoms with E-state index >= 15 is 0 Å². The van der Waals surface area contributed by atoms with E-state index in [9.17, 15) is 9.90 Å². The van der Waals surface area contributed by atoms with Crippen molar-refractivity contribution in [1.82, 2.24) is 15.0 Å². The second kappa shape index (κ2) is 8.16. The lowest BCUT2D eigenvalue weighted by Gasteiger charge is -2.12. The van der Waals surface area contributed by atoms with Crippen molar-refractivity contribution in [2.24, 2.45) is 16.8 Å². The van der Waals surface area contributed by atoms with E-state index in [-0.39, 0.29) is 17.7 Å². The highest BCUT2D eigenvalue weighted by molar-refractivity contribution is 5.99. The predicted octanol–water partition coefficient (Wildman–Crippen LogP) is 2.47. The van der Waals surface area contributed by atoms with Crippen molar-refractivity contribution >= 4 is 34.5 Å². The number of aliphatic hydroxyl groups is 1. The summed E-state index contributed by atoms with van der Waals surface area (Å²) in [7, 11) is 1.71. The smallest absolute Gasteiger partial charge is 0.229 e. The fourth-order valence-electron chi connectivity index (χ4n) is 3.62. The van der Waals surface area contributed by atoms with Crippen LogP contribution >= 0.6 is 0 Å². The molecule has 30 heavy (non-hydrogen) atoms. The summed E-state index contributed by atoms with van der Waals surface area (Å²) < 4.78 is 0. The summed E-state index contributed by atoms with van der Waals surface area (Å²) in [6.45, 7) is 1.74. The number of fused-ring (bicyclic) bond motifs is 1. The van der Waals surface area contributed by atoms with E-state index in [0.717, 1.165) is 22.9 Å². The largest absolute Gasteiger partial charge is 0.393 e. The number of carbonyl (C=O) groups is 1. The lowest BCUT2D eigenvalue weighted by atomic mass is 10.0. The molecule has 0 aromatic carbocycles. The molecule has 0 saturated heterocycles. The molecule has 4 rings (SSSR count). The Balaban J connectivity index is 1.65. The van der Waals surface area contributed by atoms with Gasteiger partial charge in [-0.05, 0) is 48.9 Å². The van der Waals surface area contributed by atoms with E-state index in [1.165, 1.54) is 0 Å². The van der Waals surface area contributed by atoms with Gasteiger partial charge in [0.1, 0.15) is 11.6 Å². The van der Waals surface area contributed by atoms with Crippen LogP contribution in [0.3, 0.4) is 0 Å². The quantitative estimate of drug-likeness (QED) is 0.542. The van der Waals surface area contributed by atoms with Crippen LogP contribution in [-0.2, 0) is 11.2 Å². The van der Waals surface area contributed by atoms with Gasteiger partial charge in [-0.3, -0.25) is 9.78 Å². The highest BCUT2D eigenvalue weighted by atomic mass is 16.3. The molecule has 1 unspecified atom stereocenters. The van der Waals surface area contributed by atoms with E-state index in [1.54, 1.807) is 38.6 Å². The number of nitrogens with two attached hydrogens (primary N) is 1. The van der Waals surface area contributed by atoms with Gasteiger partial charge < -0.3 is 21.1 Å². The Morgan fingerprint density at radius 2 is 2.27 bits per heavy atom. The zero-order valence-electron chi connectivity index (χ0n) is 16.9. The number of pyridine rings is 3. The van der Waals surface area contributed by atoms with Crippen molar-refractivity contribution in [2.75, 3.05) is 18.1 Å². The summed E-state index contributed by atoms with van der Waals surface area (Å²) in [6, 6.07) is 5.56. The summed E-state index contributed by atoms with van der Waals surface area (Å²) >= 11 is 0. The maximum absolute atomic E-state index is 12.4. The second-order valence-corrected chi connectivity index (χ2v) is 7.67. The molecule has 1 amide bonds. The SMILES string of the molecule is C/N=C/[C@H]1C[C@@H]1C(=O)Nc1cc2cc(-c3cnccc3CC(C)O)nc(N)c2cn1. The molecule has 154 valence electrons. The minimum absolute atomic E-state index is 0.0531. The lowest BCUT2D eigenvalue weighted by molar-refractivity contribution is -0.117. The van der Waals surface area contributed by atoms with E-state index in [2.05, 4.69) is 25.3 Å². The third-order valence-electron chi connectivity index (χ3n) is 5.22. The lowest BCUT2D eigenvalue weighted by Crippen LogP contribution is -2.16. The van der Waals surface area contributed by atoms with E-state index in [0.29, 0.717) is 29.1 Å². The first-order valence-corrected chi connectivity index (χ1v) is 9.87. The van der Waals surface area contributed by atoms with Crippen LogP contribution in [-0.4, -0.2) is 45.3 Å². The summed E-state index contributed by atoms with van der Waals surface area (Å²) in [5.41, 5.74) is 8.60. The zero-order valence-corrected chi connectivity index (χ0v) is 16.9. The number of nitrogens with zero attached hydrogens (tertiary/aromatic N) is 4. The maximum atomic E-state index is 12.4. The molecule has 8 heteroatoms. The zero-order chi connectivity index (χ0) is 21.3. The van der Waals surface area contributed by atoms with Gasteiger partial charge >= 0.3 is 0 Å². The third-order valence-corrected chi connectivity index (χ3v) is 5.22. The van der Waals surface area contributed by atoms with Crippen molar-refractivity contribution < 1.29 is 9.90 Å². The molecule has 1 aliphatic rings. The van der Waals surface area contributed by atoms with Gasteiger partial charge in [-0.2, -0.15) is 0 Å². The molecular formula is C22H24N6O2. The number of anilines is 2. The molecule has 0 radical (unpaired) electrons. The number of rotatable bonds is 6. The summed E-state index contributed by atoms with van der Waals surface area (Å²) in [5.74, 6) is 0.919. The summed E-state index contributed by atoms with van der Waals surface area (Å²) in [6.07, 6.45) is 7.65. The molecule has 0 spiro atoms. The van der Waals surface area contributed by atoms with Crippen LogP contribution in [0.1, 0.15) is 18.9 Å². The highest BCUT2D eigenvalue weighted by Gasteiger charge is 2.41. The Morgan fingerprint density at radius 3 is 3.03 bits per heavy atom. The minimum Gasteiger partial charge on any atom is -0.393 e. The van der Waals surface area contributed by atoms with Crippen LogP contribution in [0, 0.1) is 11.8 Å². The highest BCUT2D eigenvalue weighted by Crippen LogP contribution is 2.38. The van der Waals surface area contributed by atoms with Crippen molar-refractivity contribution in [3.63, 3.8) is 0 Å². The third kappa shape index (κ3) is 4.13. The van der Waals surface area contributed by atoms with Gasteiger partial charge in [0.15, 0.2) is 0 Å². The number of hydrogen-bond acceptors (Lipinski definition) is 7. The van der Waals surface area contributed by atoms with Gasteiger partial charge in [0.05, 0.1) is 11.8 Å². The average Bonchev–Trinajstić information content (AvgIpc) is 3.47. The monoisotopic (exact) mass is 404 g/mol. The van der Waals surface area contributed by atoms with Crippen LogP contribution in [0.15, 0.2) is 41.8 Å². The number of aromatic nitrogens is 3. The molecule has 0 aliphatic heterocycles. The van der Waals surface area contributed by atoms with E-state index in [1.807, 2.05) is 18.3 Å². The predicted molar refractivity (Wildman–Crippen MR) is 117 cm³/mol. The number of aliphatic imine (C=N–C) groups is 1. The molecule has 1 saturated carbocycles. The van der Waals surface area contributed by atoms with Crippen LogP contribution in [0.5, 0.6) is 0 Å². The molecule has 3 heterocycles. The average molecular weight is 404 g/mol. The molecule has 1 aliphatic carbocycles. The molecule has 0 bridgehead atoms. The van der Waals surface area contributed by atoms with Gasteiger partial charge in [0, 0.05) is 54.6 Å². The Labute approximate surface area is 174 Å². The van der Waals surface area contributed by atoms with Gasteiger partial charge in [0.25, 0.3) is 0 Å². The Bertz CT molecular complexity index is 1130. The van der Waals surface area contributed by atoms with Crippen molar-refractivity contribution in [3.05, 3.63) is 42.4 Å². The van der Waals surface area contributed by atoms with Crippen LogP contribution < -0.4 is 11.1 Å². The Morgan fingerprint density at radius 1 is 1.43 bits per heavy atom. The number of carbonyl (C=O) groups excluding carboxylic acids is 1. The van der Waals surface area contributed by atoms with Gasteiger partial charge in [-0.1, -0.05) is 0 Å². The van der Waals surface area contributed by atoms with E-state index in [4.69, 9.17) is 5.73 Å². The number of nitrogen functional groups attached to an aromatic ring is 1. The first-order valence-electron chi connectivity index (χ1n) is 9.87. The van der Waals surface area contributed by atoms with Crippen molar-refractivity contribution in [1.29, 1.82) is 0 Å². The van der Waals surface area contributed by atoms with Crippen LogP contribution in [0.4, 0.5) is 11.6 Å². The first-order chi connectivity index (χ1) is 14.5. The summed E-state index contributed by atoms with van der Waals surface area (Å²) in [5, 5.41) is 14.2. The number of hydrogen-bond donors (Lipinski definition) is 3. The normalized spacial score (nSPS) is 19.2. The fourth-order valence-corrected chi connectivity index (χ4v) is 3.62. The number of amides is 1. The topological polar surface area (TPSA) is 126 Å². The number of nitrogens with one attached hydrogen (secondary N) is 1. The van der Waals surface area contributed by atoms with Crippen molar-refractivity contribution in [2.45, 2.75) is 25.9 Å². The van der Waals surface area contributed by atoms with E-state index < -0.39 is 6.10 Å². The standard InChI is InChI=1S/C22H24N6O2/c1-12(29)5-13-3-4-25-10-17(13)19-7-14-8-20(26-11-18(14)21(23)27-19)28-22(30)16-6-15(16)9-24-2/h3-4,7-12,15-16,29H,5-6H2,1-2H3,(H2,23,27)(H,26,28,30)/b24-9+/t12?,15-,16+/m1/s1. The van der Waals surface area contributed by atoms with Gasteiger partial charge in [0.2, 0.25) is 5.91 Å². The van der Waals surface area contributed by atoms with Crippen molar-refractivity contribution in [3.8, 4) is 11.3 Å². The molecular weight excluding hydrogens is 380 g/mol. The Kier molecular flexibility index (Phi) is 5.41. The molecule has 1 fully saturated rings. The van der Waals surface area contributed by atoms with Gasteiger partial charge in [-0.25, -0.2) is 9.97 Å². The molecule has 3 aromatic rings. The Hall–Kier alpha value is -3.39. The molecule has 8 nitrogen and oxygen atoms in total. The summed E-state index contributed by atoms with van der Waals surface area (Å²) in [4.78, 5) is 29.4. The second-order valence-electron chi connectivity index (χ2n) is 7.67. The first kappa shape index (κ1) is 19.9. The molecule has 3 atom stereocenters. The number of aliphatic hydroxyl groups excluding tert-OH is 1. The minimum atomic E-state index is -0.487. The molecule has 3 aromatic heterocycles. The molecule has 4 N–H and O–H groups in total. The maximum Gasteiger partial charge on any atom is 0.229 e.